The Kier molecular flexibility index (Phi) is 4.93. The Bertz CT molecular complexity index is 480. The van der Waals surface area contributed by atoms with Gasteiger partial charge in [-0.05, 0) is 43.5 Å². The fourth-order valence-corrected chi connectivity index (χ4v) is 1.78. The van der Waals surface area contributed by atoms with Crippen molar-refractivity contribution in [3.05, 3.63) is 59.9 Å². The van der Waals surface area contributed by atoms with E-state index in [1.165, 1.54) is 5.56 Å². The van der Waals surface area contributed by atoms with E-state index in [1.54, 1.807) is 12.4 Å². The summed E-state index contributed by atoms with van der Waals surface area (Å²) >= 11 is 0. The molecule has 0 radical (unpaired) electrons. The van der Waals surface area contributed by atoms with Crippen LogP contribution in [0.25, 0.3) is 0 Å². The van der Waals surface area contributed by atoms with Gasteiger partial charge in [0.15, 0.2) is 0 Å². The molecule has 19 heavy (non-hydrogen) atoms. The van der Waals surface area contributed by atoms with Crippen LogP contribution in [-0.4, -0.2) is 16.2 Å². The fraction of sp³-hybridized carbons (Fsp3) is 0.312. The number of hydrogen-bond acceptors (Lipinski definition) is 3. The second-order valence-corrected chi connectivity index (χ2v) is 4.68. The van der Waals surface area contributed by atoms with E-state index in [2.05, 4.69) is 4.98 Å². The van der Waals surface area contributed by atoms with E-state index >= 15 is 0 Å². The standard InChI is InChI=1S/C16H19NO2/c1-13(18)4-5-14-6-8-16(9-7-14)19-12-15-3-2-10-17-11-15/h2-3,6-11,13,18H,4-5,12H2,1H3. The summed E-state index contributed by atoms with van der Waals surface area (Å²) in [6.07, 6.45) is 4.98. The van der Waals surface area contributed by atoms with E-state index < -0.39 is 0 Å². The van der Waals surface area contributed by atoms with Gasteiger partial charge in [-0.2, -0.15) is 0 Å². The molecule has 0 spiro atoms. The summed E-state index contributed by atoms with van der Waals surface area (Å²) in [5.41, 5.74) is 2.27. The number of nitrogens with zero attached hydrogens (tertiary/aromatic N) is 1. The third kappa shape index (κ3) is 4.72. The first-order chi connectivity index (χ1) is 9.24. The van der Waals surface area contributed by atoms with Crippen molar-refractivity contribution < 1.29 is 9.84 Å². The molecule has 0 saturated heterocycles. The van der Waals surface area contributed by atoms with Crippen molar-refractivity contribution >= 4 is 0 Å². The molecule has 1 aromatic heterocycles. The number of aromatic nitrogens is 1. The van der Waals surface area contributed by atoms with Gasteiger partial charge in [-0.25, -0.2) is 0 Å². The number of ether oxygens (including phenoxy) is 1. The topological polar surface area (TPSA) is 42.4 Å². The van der Waals surface area contributed by atoms with Crippen molar-refractivity contribution in [1.29, 1.82) is 0 Å². The summed E-state index contributed by atoms with van der Waals surface area (Å²) < 4.78 is 5.68. The first-order valence-electron chi connectivity index (χ1n) is 6.53. The molecular weight excluding hydrogens is 238 g/mol. The maximum Gasteiger partial charge on any atom is 0.119 e. The minimum absolute atomic E-state index is 0.249. The molecule has 0 bridgehead atoms. The lowest BCUT2D eigenvalue weighted by molar-refractivity contribution is 0.185. The Labute approximate surface area is 113 Å². The lowest BCUT2D eigenvalue weighted by atomic mass is 10.1. The number of aliphatic hydroxyl groups excluding tert-OH is 1. The van der Waals surface area contributed by atoms with Crippen LogP contribution in [0.2, 0.25) is 0 Å². The molecule has 0 aliphatic heterocycles. The largest absolute Gasteiger partial charge is 0.489 e. The zero-order valence-electron chi connectivity index (χ0n) is 11.1. The quantitative estimate of drug-likeness (QED) is 0.865. The molecule has 1 unspecified atom stereocenters. The molecule has 1 N–H and O–H groups in total. The Morgan fingerprint density at radius 2 is 1.95 bits per heavy atom. The van der Waals surface area contributed by atoms with Gasteiger partial charge < -0.3 is 9.84 Å². The molecule has 0 fully saturated rings. The maximum atomic E-state index is 9.25. The van der Waals surface area contributed by atoms with Crippen LogP contribution in [0.5, 0.6) is 5.75 Å². The Morgan fingerprint density at radius 3 is 2.58 bits per heavy atom. The SMILES string of the molecule is CC(O)CCc1ccc(OCc2cccnc2)cc1. The van der Waals surface area contributed by atoms with Crippen LogP contribution in [-0.2, 0) is 13.0 Å². The van der Waals surface area contributed by atoms with Gasteiger partial charge in [0.25, 0.3) is 0 Å². The molecule has 3 nitrogen and oxygen atoms in total. The summed E-state index contributed by atoms with van der Waals surface area (Å²) in [6.45, 7) is 2.34. The lowest BCUT2D eigenvalue weighted by Gasteiger charge is -2.08. The van der Waals surface area contributed by atoms with Crippen molar-refractivity contribution in [2.24, 2.45) is 0 Å². The van der Waals surface area contributed by atoms with Crippen LogP contribution in [0.15, 0.2) is 48.8 Å². The van der Waals surface area contributed by atoms with E-state index in [0.717, 1.165) is 24.2 Å². The van der Waals surface area contributed by atoms with Gasteiger partial charge in [0, 0.05) is 18.0 Å². The zero-order valence-corrected chi connectivity index (χ0v) is 11.1. The normalized spacial score (nSPS) is 12.1. The fourth-order valence-electron chi connectivity index (χ4n) is 1.78. The third-order valence-corrected chi connectivity index (χ3v) is 2.90. The molecule has 0 saturated carbocycles. The highest BCUT2D eigenvalue weighted by atomic mass is 16.5. The van der Waals surface area contributed by atoms with Gasteiger partial charge in [-0.15, -0.1) is 0 Å². The number of aliphatic hydroxyl groups is 1. The van der Waals surface area contributed by atoms with Crippen molar-refractivity contribution in [2.75, 3.05) is 0 Å². The Morgan fingerprint density at radius 1 is 1.16 bits per heavy atom. The van der Waals surface area contributed by atoms with E-state index in [-0.39, 0.29) is 6.10 Å². The summed E-state index contributed by atoms with van der Waals surface area (Å²) in [5, 5.41) is 9.25. The Balaban J connectivity index is 1.85. The average Bonchev–Trinajstić information content (AvgIpc) is 2.45. The van der Waals surface area contributed by atoms with Crippen molar-refractivity contribution in [3.63, 3.8) is 0 Å². The molecule has 1 atom stereocenters. The van der Waals surface area contributed by atoms with Crippen molar-refractivity contribution in [3.8, 4) is 5.75 Å². The highest BCUT2D eigenvalue weighted by Crippen LogP contribution is 2.15. The molecule has 100 valence electrons. The summed E-state index contributed by atoms with van der Waals surface area (Å²) in [7, 11) is 0. The number of benzene rings is 1. The second kappa shape index (κ2) is 6.90. The predicted molar refractivity (Wildman–Crippen MR) is 75.0 cm³/mol. The van der Waals surface area contributed by atoms with E-state index in [9.17, 15) is 5.11 Å². The van der Waals surface area contributed by atoms with Gasteiger partial charge in [0.1, 0.15) is 12.4 Å². The summed E-state index contributed by atoms with van der Waals surface area (Å²) in [4.78, 5) is 4.05. The minimum atomic E-state index is -0.249. The highest BCUT2D eigenvalue weighted by Gasteiger charge is 2.00. The summed E-state index contributed by atoms with van der Waals surface area (Å²) in [5.74, 6) is 0.852. The van der Waals surface area contributed by atoms with E-state index in [1.807, 2.05) is 43.3 Å². The molecule has 2 rings (SSSR count). The van der Waals surface area contributed by atoms with Crippen molar-refractivity contribution in [1.82, 2.24) is 4.98 Å². The average molecular weight is 257 g/mol. The molecule has 0 amide bonds. The van der Waals surface area contributed by atoms with Crippen molar-refractivity contribution in [2.45, 2.75) is 32.5 Å². The molecule has 3 heteroatoms. The summed E-state index contributed by atoms with van der Waals surface area (Å²) in [6, 6.07) is 11.9. The highest BCUT2D eigenvalue weighted by molar-refractivity contribution is 5.27. The smallest absolute Gasteiger partial charge is 0.119 e. The molecule has 1 heterocycles. The molecule has 0 aliphatic carbocycles. The van der Waals surface area contributed by atoms with Crippen LogP contribution in [0.4, 0.5) is 0 Å². The lowest BCUT2D eigenvalue weighted by Crippen LogP contribution is -2.01. The first-order valence-corrected chi connectivity index (χ1v) is 6.53. The number of pyridine rings is 1. The maximum absolute atomic E-state index is 9.25. The molecular formula is C16H19NO2. The third-order valence-electron chi connectivity index (χ3n) is 2.90. The van der Waals surface area contributed by atoms with Gasteiger partial charge >= 0.3 is 0 Å². The number of rotatable bonds is 6. The van der Waals surface area contributed by atoms with E-state index in [0.29, 0.717) is 6.61 Å². The zero-order chi connectivity index (χ0) is 13.5. The van der Waals surface area contributed by atoms with Crippen LogP contribution in [0.1, 0.15) is 24.5 Å². The van der Waals surface area contributed by atoms with Crippen LogP contribution in [0, 0.1) is 0 Å². The van der Waals surface area contributed by atoms with Crippen LogP contribution in [0.3, 0.4) is 0 Å². The molecule has 2 aromatic rings. The molecule has 0 aliphatic rings. The monoisotopic (exact) mass is 257 g/mol. The molecule has 1 aromatic carbocycles. The van der Waals surface area contributed by atoms with Gasteiger partial charge in [-0.1, -0.05) is 18.2 Å². The Hall–Kier alpha value is -1.87. The predicted octanol–water partition coefficient (Wildman–Crippen LogP) is 2.97. The van der Waals surface area contributed by atoms with Gasteiger partial charge in [-0.3, -0.25) is 4.98 Å². The first kappa shape index (κ1) is 13.6. The number of aryl methyl sites for hydroxylation is 1. The number of hydrogen-bond donors (Lipinski definition) is 1. The van der Waals surface area contributed by atoms with E-state index in [4.69, 9.17) is 4.74 Å². The van der Waals surface area contributed by atoms with Crippen LogP contribution < -0.4 is 4.74 Å². The second-order valence-electron chi connectivity index (χ2n) is 4.68. The van der Waals surface area contributed by atoms with Gasteiger partial charge in [0.05, 0.1) is 6.10 Å². The van der Waals surface area contributed by atoms with Gasteiger partial charge in [0.2, 0.25) is 0 Å². The minimum Gasteiger partial charge on any atom is -0.489 e. The van der Waals surface area contributed by atoms with Crippen LogP contribution >= 0.6 is 0 Å².